The Kier molecular flexibility index (Phi) is 7.72. The summed E-state index contributed by atoms with van der Waals surface area (Å²) in [5.41, 5.74) is 1.13. The molecule has 0 aliphatic rings. The first-order valence-electron chi connectivity index (χ1n) is 7.35. The van der Waals surface area contributed by atoms with Crippen molar-refractivity contribution in [2.24, 2.45) is 5.92 Å². The van der Waals surface area contributed by atoms with Crippen LogP contribution in [0.3, 0.4) is 0 Å². The van der Waals surface area contributed by atoms with Crippen LogP contribution < -0.4 is 5.32 Å². The first-order chi connectivity index (χ1) is 10.1. The molecule has 0 heterocycles. The summed E-state index contributed by atoms with van der Waals surface area (Å²) in [6, 6.07) is 9.95. The van der Waals surface area contributed by atoms with Gasteiger partial charge in [0, 0.05) is 19.1 Å². The minimum atomic E-state index is -0.0510. The van der Waals surface area contributed by atoms with Gasteiger partial charge in [0.05, 0.1) is 13.2 Å². The van der Waals surface area contributed by atoms with E-state index in [0.29, 0.717) is 13.1 Å². The number of nitrogens with one attached hydrogen (secondary N) is 1. The van der Waals surface area contributed by atoms with Gasteiger partial charge in [-0.2, -0.15) is 0 Å². The third kappa shape index (κ3) is 6.10. The maximum absolute atomic E-state index is 12.0. The maximum atomic E-state index is 12.0. The van der Waals surface area contributed by atoms with Crippen molar-refractivity contribution in [1.29, 1.82) is 0 Å². The quantitative estimate of drug-likeness (QED) is 0.682. The zero-order valence-electron chi connectivity index (χ0n) is 13.0. The van der Waals surface area contributed by atoms with Crippen molar-refractivity contribution >= 4 is 5.91 Å². The van der Waals surface area contributed by atoms with E-state index < -0.39 is 0 Å². The summed E-state index contributed by atoms with van der Waals surface area (Å²) >= 11 is 0. The van der Waals surface area contributed by atoms with Crippen LogP contribution in [-0.4, -0.2) is 41.7 Å². The minimum absolute atomic E-state index is 0.0409. The number of aliphatic hydroxyl groups excluding tert-OH is 1. The standard InChI is InChI=1S/C17H26N2O2/c1-4-10-18-17(21)12-19(16(13-20)14(2)3)11-15-8-6-5-7-9-15/h4-9,14,16,20H,1,10-13H2,2-3H3,(H,18,21). The number of aliphatic hydroxyl groups is 1. The smallest absolute Gasteiger partial charge is 0.234 e. The highest BCUT2D eigenvalue weighted by molar-refractivity contribution is 5.78. The van der Waals surface area contributed by atoms with Crippen LogP contribution in [0.1, 0.15) is 19.4 Å². The first-order valence-corrected chi connectivity index (χ1v) is 7.35. The molecule has 21 heavy (non-hydrogen) atoms. The molecule has 1 amide bonds. The Labute approximate surface area is 127 Å². The van der Waals surface area contributed by atoms with Gasteiger partial charge in [0.15, 0.2) is 0 Å². The van der Waals surface area contributed by atoms with Crippen LogP contribution in [0.15, 0.2) is 43.0 Å². The molecule has 0 spiro atoms. The molecule has 1 unspecified atom stereocenters. The SMILES string of the molecule is C=CCNC(=O)CN(Cc1ccccc1)C(CO)C(C)C. The molecule has 4 heteroatoms. The van der Waals surface area contributed by atoms with E-state index >= 15 is 0 Å². The van der Waals surface area contributed by atoms with Gasteiger partial charge in [-0.25, -0.2) is 0 Å². The molecule has 1 atom stereocenters. The number of amides is 1. The molecule has 0 bridgehead atoms. The van der Waals surface area contributed by atoms with E-state index in [1.165, 1.54) is 0 Å². The third-order valence-corrected chi connectivity index (χ3v) is 3.44. The van der Waals surface area contributed by atoms with Crippen molar-refractivity contribution in [1.82, 2.24) is 10.2 Å². The number of carbonyl (C=O) groups is 1. The van der Waals surface area contributed by atoms with Crippen LogP contribution in [0.4, 0.5) is 0 Å². The molecule has 4 nitrogen and oxygen atoms in total. The molecule has 1 rings (SSSR count). The predicted molar refractivity (Wildman–Crippen MR) is 85.8 cm³/mol. The van der Waals surface area contributed by atoms with E-state index in [4.69, 9.17) is 0 Å². The van der Waals surface area contributed by atoms with Crippen molar-refractivity contribution in [2.45, 2.75) is 26.4 Å². The van der Waals surface area contributed by atoms with Gasteiger partial charge in [-0.05, 0) is 11.5 Å². The summed E-state index contributed by atoms with van der Waals surface area (Å²) in [5.74, 6) is 0.218. The van der Waals surface area contributed by atoms with E-state index in [9.17, 15) is 9.90 Å². The lowest BCUT2D eigenvalue weighted by Crippen LogP contribution is -2.46. The summed E-state index contributed by atoms with van der Waals surface area (Å²) < 4.78 is 0. The Morgan fingerprint density at radius 3 is 2.57 bits per heavy atom. The molecule has 116 valence electrons. The average Bonchev–Trinajstić information content (AvgIpc) is 2.46. The lowest BCUT2D eigenvalue weighted by molar-refractivity contribution is -0.123. The molecule has 0 radical (unpaired) electrons. The summed E-state index contributed by atoms with van der Waals surface area (Å²) in [5, 5.41) is 12.4. The minimum Gasteiger partial charge on any atom is -0.395 e. The van der Waals surface area contributed by atoms with Crippen molar-refractivity contribution in [3.05, 3.63) is 48.6 Å². The zero-order valence-corrected chi connectivity index (χ0v) is 13.0. The van der Waals surface area contributed by atoms with Gasteiger partial charge in [-0.15, -0.1) is 6.58 Å². The van der Waals surface area contributed by atoms with Crippen molar-refractivity contribution in [3.8, 4) is 0 Å². The fourth-order valence-corrected chi connectivity index (χ4v) is 2.28. The third-order valence-electron chi connectivity index (χ3n) is 3.44. The fourth-order valence-electron chi connectivity index (χ4n) is 2.28. The van der Waals surface area contributed by atoms with Gasteiger partial charge in [0.1, 0.15) is 0 Å². The molecular weight excluding hydrogens is 264 g/mol. The van der Waals surface area contributed by atoms with Gasteiger partial charge < -0.3 is 10.4 Å². The second-order valence-corrected chi connectivity index (χ2v) is 5.48. The molecule has 0 aliphatic carbocycles. The molecule has 0 fully saturated rings. The predicted octanol–water partition coefficient (Wildman–Crippen LogP) is 1.81. The Bertz CT molecular complexity index is 432. The van der Waals surface area contributed by atoms with E-state index in [-0.39, 0.29) is 31.0 Å². The fraction of sp³-hybridized carbons (Fsp3) is 0.471. The van der Waals surface area contributed by atoms with Gasteiger partial charge in [-0.1, -0.05) is 50.3 Å². The van der Waals surface area contributed by atoms with Gasteiger partial charge in [0.2, 0.25) is 5.91 Å². The van der Waals surface area contributed by atoms with Crippen LogP contribution in [0, 0.1) is 5.92 Å². The number of hydrogen-bond acceptors (Lipinski definition) is 3. The molecule has 2 N–H and O–H groups in total. The second kappa shape index (κ2) is 9.32. The molecule has 0 aromatic heterocycles. The van der Waals surface area contributed by atoms with Crippen LogP contribution in [-0.2, 0) is 11.3 Å². The van der Waals surface area contributed by atoms with Crippen molar-refractivity contribution in [2.75, 3.05) is 19.7 Å². The largest absolute Gasteiger partial charge is 0.395 e. The van der Waals surface area contributed by atoms with E-state index in [1.54, 1.807) is 6.08 Å². The van der Waals surface area contributed by atoms with Crippen LogP contribution >= 0.6 is 0 Å². The van der Waals surface area contributed by atoms with Gasteiger partial charge in [-0.3, -0.25) is 9.69 Å². The molecular formula is C17H26N2O2. The number of hydrogen-bond donors (Lipinski definition) is 2. The Morgan fingerprint density at radius 1 is 1.38 bits per heavy atom. The molecule has 0 aliphatic heterocycles. The van der Waals surface area contributed by atoms with Crippen molar-refractivity contribution in [3.63, 3.8) is 0 Å². The van der Waals surface area contributed by atoms with Gasteiger partial charge >= 0.3 is 0 Å². The first kappa shape index (κ1) is 17.4. The molecule has 0 saturated carbocycles. The van der Waals surface area contributed by atoms with E-state index in [1.807, 2.05) is 35.2 Å². The summed E-state index contributed by atoms with van der Waals surface area (Å²) in [6.45, 7) is 9.12. The topological polar surface area (TPSA) is 52.6 Å². The van der Waals surface area contributed by atoms with Crippen LogP contribution in [0.25, 0.3) is 0 Å². The highest BCUT2D eigenvalue weighted by Crippen LogP contribution is 2.14. The lowest BCUT2D eigenvalue weighted by atomic mass is 10.0. The van der Waals surface area contributed by atoms with E-state index in [2.05, 4.69) is 25.7 Å². The molecule has 1 aromatic carbocycles. The highest BCUT2D eigenvalue weighted by atomic mass is 16.3. The van der Waals surface area contributed by atoms with Crippen LogP contribution in [0.2, 0.25) is 0 Å². The summed E-state index contributed by atoms with van der Waals surface area (Å²) in [6.07, 6.45) is 1.66. The normalized spacial score (nSPS) is 12.4. The Morgan fingerprint density at radius 2 is 2.05 bits per heavy atom. The zero-order chi connectivity index (χ0) is 15.7. The number of carbonyl (C=O) groups excluding carboxylic acids is 1. The molecule has 0 saturated heterocycles. The monoisotopic (exact) mass is 290 g/mol. The Hall–Kier alpha value is -1.65. The van der Waals surface area contributed by atoms with E-state index in [0.717, 1.165) is 5.56 Å². The second-order valence-electron chi connectivity index (χ2n) is 5.48. The van der Waals surface area contributed by atoms with Gasteiger partial charge in [0.25, 0.3) is 0 Å². The molecule has 1 aromatic rings. The summed E-state index contributed by atoms with van der Waals surface area (Å²) in [7, 11) is 0. The summed E-state index contributed by atoms with van der Waals surface area (Å²) in [4.78, 5) is 14.0. The number of nitrogens with zero attached hydrogens (tertiary/aromatic N) is 1. The number of benzene rings is 1. The lowest BCUT2D eigenvalue weighted by Gasteiger charge is -2.32. The van der Waals surface area contributed by atoms with Crippen LogP contribution in [0.5, 0.6) is 0 Å². The average molecular weight is 290 g/mol. The maximum Gasteiger partial charge on any atom is 0.234 e. The highest BCUT2D eigenvalue weighted by Gasteiger charge is 2.23. The van der Waals surface area contributed by atoms with Crippen molar-refractivity contribution < 1.29 is 9.90 Å². The number of rotatable bonds is 9. The Balaban J connectivity index is 2.78.